The number of hydrogen-bond donors (Lipinski definition) is 0. The van der Waals surface area contributed by atoms with E-state index in [1.807, 2.05) is 11.8 Å². The van der Waals surface area contributed by atoms with Gasteiger partial charge in [-0.05, 0) is 6.42 Å². The zero-order valence-electron chi connectivity index (χ0n) is 5.68. The SMILES string of the molecule is CCC(=O)N1CCC1.S. The third-order valence-corrected chi connectivity index (χ3v) is 1.51. The molecule has 1 saturated heterocycles. The Kier molecular flexibility index (Phi) is 3.70. The van der Waals surface area contributed by atoms with E-state index in [9.17, 15) is 4.79 Å². The lowest BCUT2D eigenvalue weighted by molar-refractivity contribution is -0.134. The highest BCUT2D eigenvalue weighted by Gasteiger charge is 2.17. The zero-order valence-corrected chi connectivity index (χ0v) is 6.68. The van der Waals surface area contributed by atoms with E-state index in [4.69, 9.17) is 0 Å². The maximum absolute atomic E-state index is 10.7. The van der Waals surface area contributed by atoms with Gasteiger partial charge in [0, 0.05) is 19.5 Å². The molecule has 1 rings (SSSR count). The van der Waals surface area contributed by atoms with Gasteiger partial charge in [0.15, 0.2) is 0 Å². The van der Waals surface area contributed by atoms with Gasteiger partial charge in [-0.1, -0.05) is 6.92 Å². The summed E-state index contributed by atoms with van der Waals surface area (Å²) in [4.78, 5) is 12.6. The highest BCUT2D eigenvalue weighted by atomic mass is 32.1. The minimum Gasteiger partial charge on any atom is -0.343 e. The van der Waals surface area contributed by atoms with E-state index in [-0.39, 0.29) is 13.5 Å². The van der Waals surface area contributed by atoms with Crippen molar-refractivity contribution in [3.8, 4) is 0 Å². The molecule has 1 aliphatic rings. The van der Waals surface area contributed by atoms with Crippen molar-refractivity contribution in [3.05, 3.63) is 0 Å². The fourth-order valence-electron chi connectivity index (χ4n) is 0.789. The molecule has 1 heterocycles. The van der Waals surface area contributed by atoms with Crippen molar-refractivity contribution in [2.24, 2.45) is 0 Å². The first-order chi connectivity index (χ1) is 3.84. The van der Waals surface area contributed by atoms with Gasteiger partial charge in [-0.15, -0.1) is 0 Å². The lowest BCUT2D eigenvalue weighted by Gasteiger charge is -2.30. The minimum atomic E-state index is 0. The molecular formula is C6H13NOS. The van der Waals surface area contributed by atoms with E-state index in [1.54, 1.807) is 0 Å². The fourth-order valence-corrected chi connectivity index (χ4v) is 0.789. The Morgan fingerprint density at radius 3 is 2.22 bits per heavy atom. The molecule has 0 aromatic heterocycles. The summed E-state index contributed by atoms with van der Waals surface area (Å²) in [5.74, 6) is 0.302. The number of hydrogen-bond acceptors (Lipinski definition) is 1. The van der Waals surface area contributed by atoms with E-state index >= 15 is 0 Å². The van der Waals surface area contributed by atoms with Crippen LogP contribution >= 0.6 is 13.5 Å². The Balaban J connectivity index is 0.000000640. The van der Waals surface area contributed by atoms with Crippen molar-refractivity contribution in [3.63, 3.8) is 0 Å². The van der Waals surface area contributed by atoms with Gasteiger partial charge in [-0.3, -0.25) is 4.79 Å². The van der Waals surface area contributed by atoms with Crippen LogP contribution in [0.15, 0.2) is 0 Å². The van der Waals surface area contributed by atoms with Gasteiger partial charge < -0.3 is 4.90 Å². The molecule has 0 atom stereocenters. The lowest BCUT2D eigenvalue weighted by atomic mass is 10.2. The van der Waals surface area contributed by atoms with Crippen molar-refractivity contribution in [1.29, 1.82) is 0 Å². The second kappa shape index (κ2) is 3.77. The van der Waals surface area contributed by atoms with Crippen LogP contribution in [0.2, 0.25) is 0 Å². The van der Waals surface area contributed by atoms with Crippen molar-refractivity contribution in [2.45, 2.75) is 19.8 Å². The first-order valence-electron chi connectivity index (χ1n) is 3.12. The Morgan fingerprint density at radius 1 is 1.56 bits per heavy atom. The summed E-state index contributed by atoms with van der Waals surface area (Å²) < 4.78 is 0. The summed E-state index contributed by atoms with van der Waals surface area (Å²) in [6, 6.07) is 0. The molecule has 0 unspecified atom stereocenters. The molecule has 0 spiro atoms. The quantitative estimate of drug-likeness (QED) is 0.536. The van der Waals surface area contributed by atoms with Crippen LogP contribution in [-0.4, -0.2) is 23.9 Å². The molecule has 9 heavy (non-hydrogen) atoms. The molecule has 1 aliphatic heterocycles. The smallest absolute Gasteiger partial charge is 0.222 e. The molecule has 1 amide bonds. The number of rotatable bonds is 1. The molecule has 0 radical (unpaired) electrons. The van der Waals surface area contributed by atoms with Crippen molar-refractivity contribution in [2.75, 3.05) is 13.1 Å². The van der Waals surface area contributed by atoms with Crippen LogP contribution in [0, 0.1) is 0 Å². The predicted molar refractivity (Wildman–Crippen MR) is 41.9 cm³/mol. The zero-order chi connectivity index (χ0) is 5.98. The summed E-state index contributed by atoms with van der Waals surface area (Å²) in [5.41, 5.74) is 0. The Morgan fingerprint density at radius 2 is 2.11 bits per heavy atom. The summed E-state index contributed by atoms with van der Waals surface area (Å²) in [5, 5.41) is 0. The van der Waals surface area contributed by atoms with Crippen molar-refractivity contribution in [1.82, 2.24) is 4.90 Å². The second-order valence-corrected chi connectivity index (χ2v) is 2.09. The van der Waals surface area contributed by atoms with Crippen LogP contribution in [0.3, 0.4) is 0 Å². The van der Waals surface area contributed by atoms with Gasteiger partial charge in [-0.25, -0.2) is 0 Å². The number of nitrogens with zero attached hydrogens (tertiary/aromatic N) is 1. The molecule has 0 N–H and O–H groups in total. The maximum Gasteiger partial charge on any atom is 0.222 e. The minimum absolute atomic E-state index is 0. The normalized spacial score (nSPS) is 15.9. The van der Waals surface area contributed by atoms with Crippen LogP contribution in [0.1, 0.15) is 19.8 Å². The summed E-state index contributed by atoms with van der Waals surface area (Å²) in [6.45, 7) is 3.89. The van der Waals surface area contributed by atoms with Gasteiger partial charge >= 0.3 is 0 Å². The predicted octanol–water partition coefficient (Wildman–Crippen LogP) is 0.741. The largest absolute Gasteiger partial charge is 0.343 e. The highest BCUT2D eigenvalue weighted by Crippen LogP contribution is 2.06. The molecule has 0 bridgehead atoms. The second-order valence-electron chi connectivity index (χ2n) is 2.09. The highest BCUT2D eigenvalue weighted by molar-refractivity contribution is 7.59. The van der Waals surface area contributed by atoms with Crippen LogP contribution < -0.4 is 0 Å². The van der Waals surface area contributed by atoms with Gasteiger partial charge in [-0.2, -0.15) is 13.5 Å². The van der Waals surface area contributed by atoms with Crippen LogP contribution in [0.5, 0.6) is 0 Å². The Labute approximate surface area is 62.7 Å². The van der Waals surface area contributed by atoms with Gasteiger partial charge in [0.05, 0.1) is 0 Å². The van der Waals surface area contributed by atoms with Gasteiger partial charge in [0.25, 0.3) is 0 Å². The fraction of sp³-hybridized carbons (Fsp3) is 0.833. The molecule has 1 fully saturated rings. The first-order valence-corrected chi connectivity index (χ1v) is 3.12. The van der Waals surface area contributed by atoms with Crippen LogP contribution in [0.4, 0.5) is 0 Å². The number of carbonyl (C=O) groups excluding carboxylic acids is 1. The summed E-state index contributed by atoms with van der Waals surface area (Å²) >= 11 is 0. The molecular weight excluding hydrogens is 134 g/mol. The Hall–Kier alpha value is -0.180. The van der Waals surface area contributed by atoms with Gasteiger partial charge in [0.2, 0.25) is 5.91 Å². The van der Waals surface area contributed by atoms with Gasteiger partial charge in [0.1, 0.15) is 0 Å². The van der Waals surface area contributed by atoms with E-state index in [0.717, 1.165) is 13.1 Å². The van der Waals surface area contributed by atoms with Crippen molar-refractivity contribution < 1.29 is 4.79 Å². The standard InChI is InChI=1S/C6H11NO.H2S/c1-2-6(8)7-4-3-5-7;/h2-5H2,1H3;1H2. The molecule has 0 aliphatic carbocycles. The molecule has 0 aromatic carbocycles. The third kappa shape index (κ3) is 1.90. The Bertz CT molecular complexity index is 101. The summed E-state index contributed by atoms with van der Waals surface area (Å²) in [6.07, 6.45) is 1.87. The number of carbonyl (C=O) groups is 1. The van der Waals surface area contributed by atoms with Crippen LogP contribution in [-0.2, 0) is 4.79 Å². The van der Waals surface area contributed by atoms with E-state index in [1.165, 1.54) is 6.42 Å². The van der Waals surface area contributed by atoms with E-state index < -0.39 is 0 Å². The molecule has 0 aromatic rings. The van der Waals surface area contributed by atoms with Crippen LogP contribution in [0.25, 0.3) is 0 Å². The first kappa shape index (κ1) is 8.82. The molecule has 0 saturated carbocycles. The number of amides is 1. The third-order valence-electron chi connectivity index (χ3n) is 1.51. The average molecular weight is 147 g/mol. The van der Waals surface area contributed by atoms with Crippen molar-refractivity contribution >= 4 is 19.4 Å². The average Bonchev–Trinajstić information content (AvgIpc) is 1.62. The summed E-state index contributed by atoms with van der Waals surface area (Å²) in [7, 11) is 0. The lowest BCUT2D eigenvalue weighted by Crippen LogP contribution is -2.41. The number of likely N-dealkylation sites (tertiary alicyclic amines) is 1. The maximum atomic E-state index is 10.7. The topological polar surface area (TPSA) is 20.3 Å². The molecule has 3 heteroatoms. The monoisotopic (exact) mass is 147 g/mol. The molecule has 2 nitrogen and oxygen atoms in total. The molecule has 54 valence electrons. The van der Waals surface area contributed by atoms with E-state index in [0.29, 0.717) is 12.3 Å². The van der Waals surface area contributed by atoms with E-state index in [2.05, 4.69) is 0 Å².